The second-order valence-electron chi connectivity index (χ2n) is 3.47. The first-order chi connectivity index (χ1) is 6.86. The number of ether oxygens (including phenoxy) is 1. The van der Waals surface area contributed by atoms with Crippen LogP contribution in [0, 0.1) is 0 Å². The number of hydrogen-bond acceptors (Lipinski definition) is 4. The summed E-state index contributed by atoms with van der Waals surface area (Å²) < 4.78 is 10.6. The van der Waals surface area contributed by atoms with E-state index in [0.717, 1.165) is 32.1 Å². The van der Waals surface area contributed by atoms with E-state index in [1.54, 1.807) is 6.26 Å². The summed E-state index contributed by atoms with van der Waals surface area (Å²) in [6, 6.07) is 4.12. The highest BCUT2D eigenvalue weighted by atomic mass is 16.5. The molecule has 1 fully saturated rings. The number of nitrogens with zero attached hydrogens (tertiary/aromatic N) is 1. The van der Waals surface area contributed by atoms with Gasteiger partial charge in [0.25, 0.3) is 0 Å². The number of furan rings is 1. The minimum absolute atomic E-state index is 0.225. The lowest BCUT2D eigenvalue weighted by atomic mass is 10.3. The van der Waals surface area contributed by atoms with Crippen molar-refractivity contribution in [1.82, 2.24) is 10.4 Å². The molecule has 1 unspecified atom stereocenters. The molecule has 4 heteroatoms. The summed E-state index contributed by atoms with van der Waals surface area (Å²) in [4.78, 5) is 0. The Bertz CT molecular complexity index is 255. The molecule has 1 aliphatic heterocycles. The Morgan fingerprint density at radius 3 is 2.86 bits per heavy atom. The average Bonchev–Trinajstić information content (AvgIpc) is 2.72. The second kappa shape index (κ2) is 4.59. The second-order valence-corrected chi connectivity index (χ2v) is 3.47. The molecule has 1 atom stereocenters. The van der Waals surface area contributed by atoms with Crippen LogP contribution in [0.4, 0.5) is 0 Å². The monoisotopic (exact) mass is 196 g/mol. The van der Waals surface area contributed by atoms with Crippen LogP contribution in [0.2, 0.25) is 0 Å². The lowest BCUT2D eigenvalue weighted by molar-refractivity contribution is 0.00320. The van der Waals surface area contributed by atoms with Gasteiger partial charge in [0.05, 0.1) is 25.5 Å². The van der Waals surface area contributed by atoms with Crippen LogP contribution in [-0.4, -0.2) is 31.3 Å². The topological polar surface area (TPSA) is 37.6 Å². The SMILES string of the molecule is CC(NN1CCOCC1)c1ccco1. The molecule has 1 aromatic heterocycles. The molecule has 0 amide bonds. The standard InChI is InChI=1S/C10H16N2O2/c1-9(10-3-2-6-14-10)11-12-4-7-13-8-5-12/h2-3,6,9,11H,4-5,7-8H2,1H3. The van der Waals surface area contributed by atoms with Crippen molar-refractivity contribution in [2.45, 2.75) is 13.0 Å². The van der Waals surface area contributed by atoms with E-state index in [9.17, 15) is 0 Å². The Morgan fingerprint density at radius 1 is 1.43 bits per heavy atom. The molecule has 4 nitrogen and oxygen atoms in total. The molecule has 0 aromatic carbocycles. The fraction of sp³-hybridized carbons (Fsp3) is 0.600. The Balaban J connectivity index is 1.84. The molecule has 0 radical (unpaired) electrons. The molecular weight excluding hydrogens is 180 g/mol. The maximum Gasteiger partial charge on any atom is 0.121 e. The lowest BCUT2D eigenvalue weighted by Crippen LogP contribution is -2.46. The van der Waals surface area contributed by atoms with Crippen molar-refractivity contribution in [3.8, 4) is 0 Å². The van der Waals surface area contributed by atoms with Gasteiger partial charge < -0.3 is 9.15 Å². The van der Waals surface area contributed by atoms with Gasteiger partial charge in [-0.15, -0.1) is 0 Å². The van der Waals surface area contributed by atoms with Crippen molar-refractivity contribution in [3.05, 3.63) is 24.2 Å². The number of hydrazine groups is 1. The van der Waals surface area contributed by atoms with Crippen molar-refractivity contribution >= 4 is 0 Å². The van der Waals surface area contributed by atoms with Crippen LogP contribution >= 0.6 is 0 Å². The molecule has 78 valence electrons. The van der Waals surface area contributed by atoms with Gasteiger partial charge in [0, 0.05) is 13.1 Å². The molecule has 0 aliphatic carbocycles. The largest absolute Gasteiger partial charge is 0.468 e. The molecule has 14 heavy (non-hydrogen) atoms. The Morgan fingerprint density at radius 2 is 2.21 bits per heavy atom. The van der Waals surface area contributed by atoms with Gasteiger partial charge >= 0.3 is 0 Å². The molecule has 2 rings (SSSR count). The maximum absolute atomic E-state index is 5.32. The van der Waals surface area contributed by atoms with E-state index in [0.29, 0.717) is 0 Å². The zero-order chi connectivity index (χ0) is 9.80. The zero-order valence-electron chi connectivity index (χ0n) is 8.40. The highest BCUT2D eigenvalue weighted by Crippen LogP contribution is 2.12. The molecule has 0 bridgehead atoms. The Kier molecular flexibility index (Phi) is 3.18. The molecular formula is C10H16N2O2. The van der Waals surface area contributed by atoms with Crippen molar-refractivity contribution in [2.24, 2.45) is 0 Å². The van der Waals surface area contributed by atoms with E-state index >= 15 is 0 Å². The van der Waals surface area contributed by atoms with Crippen LogP contribution in [-0.2, 0) is 4.74 Å². The normalized spacial score (nSPS) is 20.9. The Labute approximate surface area is 83.8 Å². The molecule has 1 N–H and O–H groups in total. The van der Waals surface area contributed by atoms with Crippen molar-refractivity contribution in [3.63, 3.8) is 0 Å². The van der Waals surface area contributed by atoms with Crippen LogP contribution in [0.1, 0.15) is 18.7 Å². The summed E-state index contributed by atoms with van der Waals surface area (Å²) in [5.41, 5.74) is 3.38. The minimum Gasteiger partial charge on any atom is -0.468 e. The predicted molar refractivity (Wildman–Crippen MR) is 52.7 cm³/mol. The van der Waals surface area contributed by atoms with Crippen LogP contribution in [0.25, 0.3) is 0 Å². The third-order valence-electron chi connectivity index (χ3n) is 2.36. The first-order valence-electron chi connectivity index (χ1n) is 4.98. The smallest absolute Gasteiger partial charge is 0.121 e. The molecule has 1 saturated heterocycles. The van der Waals surface area contributed by atoms with E-state index in [-0.39, 0.29) is 6.04 Å². The lowest BCUT2D eigenvalue weighted by Gasteiger charge is -2.29. The highest BCUT2D eigenvalue weighted by molar-refractivity contribution is 5.02. The van der Waals surface area contributed by atoms with Gasteiger partial charge in [-0.1, -0.05) is 0 Å². The first-order valence-corrected chi connectivity index (χ1v) is 4.98. The summed E-state index contributed by atoms with van der Waals surface area (Å²) in [6.45, 7) is 5.57. The number of morpholine rings is 1. The Hall–Kier alpha value is -0.840. The summed E-state index contributed by atoms with van der Waals surface area (Å²) in [5, 5.41) is 2.18. The van der Waals surface area contributed by atoms with Gasteiger partial charge in [0.1, 0.15) is 5.76 Å². The molecule has 1 aliphatic rings. The van der Waals surface area contributed by atoms with E-state index in [2.05, 4.69) is 17.4 Å². The quantitative estimate of drug-likeness (QED) is 0.787. The van der Waals surface area contributed by atoms with E-state index in [1.165, 1.54) is 0 Å². The van der Waals surface area contributed by atoms with E-state index in [4.69, 9.17) is 9.15 Å². The van der Waals surface area contributed by atoms with E-state index < -0.39 is 0 Å². The van der Waals surface area contributed by atoms with Crippen molar-refractivity contribution in [2.75, 3.05) is 26.3 Å². The third-order valence-corrected chi connectivity index (χ3v) is 2.36. The number of nitrogens with one attached hydrogen (secondary N) is 1. The van der Waals surface area contributed by atoms with Crippen LogP contribution in [0.3, 0.4) is 0 Å². The van der Waals surface area contributed by atoms with E-state index in [1.807, 2.05) is 12.1 Å². The first kappa shape index (κ1) is 9.71. The van der Waals surface area contributed by atoms with Gasteiger partial charge in [-0.25, -0.2) is 10.4 Å². The molecule has 0 saturated carbocycles. The highest BCUT2D eigenvalue weighted by Gasteiger charge is 2.14. The molecule has 1 aromatic rings. The van der Waals surface area contributed by atoms with Crippen LogP contribution < -0.4 is 5.43 Å². The number of hydrogen-bond donors (Lipinski definition) is 1. The van der Waals surface area contributed by atoms with Gasteiger partial charge in [-0.05, 0) is 19.1 Å². The maximum atomic E-state index is 5.32. The summed E-state index contributed by atoms with van der Waals surface area (Å²) in [6.07, 6.45) is 1.70. The van der Waals surface area contributed by atoms with Gasteiger partial charge in [0.15, 0.2) is 0 Å². The van der Waals surface area contributed by atoms with Gasteiger partial charge in [-0.3, -0.25) is 0 Å². The predicted octanol–water partition coefficient (Wildman–Crippen LogP) is 1.18. The molecule has 0 spiro atoms. The van der Waals surface area contributed by atoms with Crippen LogP contribution in [0.15, 0.2) is 22.8 Å². The molecule has 2 heterocycles. The summed E-state index contributed by atoms with van der Waals surface area (Å²) >= 11 is 0. The summed E-state index contributed by atoms with van der Waals surface area (Å²) in [5.74, 6) is 0.969. The van der Waals surface area contributed by atoms with Gasteiger partial charge in [0.2, 0.25) is 0 Å². The average molecular weight is 196 g/mol. The van der Waals surface area contributed by atoms with Crippen molar-refractivity contribution in [1.29, 1.82) is 0 Å². The van der Waals surface area contributed by atoms with Gasteiger partial charge in [-0.2, -0.15) is 0 Å². The zero-order valence-corrected chi connectivity index (χ0v) is 8.40. The summed E-state index contributed by atoms with van der Waals surface area (Å²) in [7, 11) is 0. The minimum atomic E-state index is 0.225. The fourth-order valence-corrected chi connectivity index (χ4v) is 1.57. The fourth-order valence-electron chi connectivity index (χ4n) is 1.57. The number of rotatable bonds is 3. The van der Waals surface area contributed by atoms with Crippen LogP contribution in [0.5, 0.6) is 0 Å². The van der Waals surface area contributed by atoms with Crippen molar-refractivity contribution < 1.29 is 9.15 Å². The third kappa shape index (κ3) is 2.35.